The molecule has 10 heteroatoms. The van der Waals surface area contributed by atoms with Crippen LogP contribution in [-0.2, 0) is 20.2 Å². The van der Waals surface area contributed by atoms with Crippen LogP contribution in [0.15, 0.2) is 0 Å². The third-order valence-corrected chi connectivity index (χ3v) is 3.43. The Kier molecular flexibility index (Phi) is 8.09. The summed E-state index contributed by atoms with van der Waals surface area (Å²) in [6.45, 7) is 2.91. The number of aliphatic hydroxyl groups is 2. The summed E-state index contributed by atoms with van der Waals surface area (Å²) in [6.07, 6.45) is 0.0255. The van der Waals surface area contributed by atoms with E-state index in [0.717, 1.165) is 0 Å². The number of aliphatic hydroxyl groups excluding tert-OH is 2. The average molecular weight is 280 g/mol. The van der Waals surface area contributed by atoms with Crippen LogP contribution in [0.4, 0.5) is 0 Å². The highest BCUT2D eigenvalue weighted by Gasteiger charge is 2.16. The van der Waals surface area contributed by atoms with Crippen molar-refractivity contribution in [3.63, 3.8) is 0 Å². The molecular weight excluding hydrogens is 264 g/mol. The van der Waals surface area contributed by atoms with Crippen LogP contribution in [0.1, 0.15) is 26.7 Å². The largest absolute Gasteiger partial charge is 0.375 e. The maximum atomic E-state index is 9.87. The van der Waals surface area contributed by atoms with E-state index >= 15 is 0 Å². The Morgan fingerprint density at radius 1 is 0.812 bits per heavy atom. The summed E-state index contributed by atoms with van der Waals surface area (Å²) in [7, 11) is -8.39. The zero-order valence-corrected chi connectivity index (χ0v) is 10.4. The van der Waals surface area contributed by atoms with Crippen molar-refractivity contribution in [3.8, 4) is 0 Å². The summed E-state index contributed by atoms with van der Waals surface area (Å²) in [5.41, 5.74) is -3.25. The van der Waals surface area contributed by atoms with Gasteiger partial charge in [-0.15, -0.1) is 0 Å². The highest BCUT2D eigenvalue weighted by atomic mass is 32.2. The number of hydrogen-bond acceptors (Lipinski definition) is 6. The van der Waals surface area contributed by atoms with Gasteiger partial charge in [0.25, 0.3) is 20.2 Å². The van der Waals surface area contributed by atoms with Gasteiger partial charge in [0.05, 0.1) is 0 Å². The second-order valence-electron chi connectivity index (χ2n) is 2.76. The SMILES string of the molecule is CCC(O)S(=O)(=O)O.CCC(O)S(=O)(=O)O. The van der Waals surface area contributed by atoms with Gasteiger partial charge in [-0.05, 0) is 12.8 Å². The first-order valence-electron chi connectivity index (χ1n) is 4.25. The molecule has 2 unspecified atom stereocenters. The van der Waals surface area contributed by atoms with Crippen molar-refractivity contribution in [1.82, 2.24) is 0 Å². The Bertz CT molecular complexity index is 331. The van der Waals surface area contributed by atoms with Gasteiger partial charge in [0.1, 0.15) is 0 Å². The van der Waals surface area contributed by atoms with Crippen molar-refractivity contribution >= 4 is 20.2 Å². The van der Waals surface area contributed by atoms with Crippen LogP contribution < -0.4 is 0 Å². The predicted molar refractivity (Wildman–Crippen MR) is 55.7 cm³/mol. The van der Waals surface area contributed by atoms with E-state index in [1.165, 1.54) is 13.8 Å². The molecule has 0 aromatic rings. The molecule has 0 aliphatic heterocycles. The molecule has 0 amide bonds. The lowest BCUT2D eigenvalue weighted by Gasteiger charge is -1.99. The van der Waals surface area contributed by atoms with Gasteiger partial charge in [-0.3, -0.25) is 9.11 Å². The summed E-state index contributed by atoms with van der Waals surface area (Å²) in [4.78, 5) is 0. The highest BCUT2D eigenvalue weighted by Crippen LogP contribution is 1.97. The van der Waals surface area contributed by atoms with Crippen LogP contribution in [-0.4, -0.2) is 47.0 Å². The molecule has 0 fully saturated rings. The first kappa shape index (κ1) is 18.1. The van der Waals surface area contributed by atoms with Gasteiger partial charge < -0.3 is 10.2 Å². The minimum atomic E-state index is -4.20. The van der Waals surface area contributed by atoms with Crippen LogP contribution in [0.2, 0.25) is 0 Å². The quantitative estimate of drug-likeness (QED) is 0.489. The predicted octanol–water partition coefficient (Wildman–Crippen LogP) is -0.795. The standard InChI is InChI=1S/2C3H8O4S/c2*1-2-3(4)8(5,6)7/h2*3-4H,2H2,1H3,(H,5,6,7). The smallest absolute Gasteiger partial charge is 0.291 e. The second kappa shape index (κ2) is 7.14. The molecule has 0 aromatic heterocycles. The second-order valence-corrected chi connectivity index (χ2v) is 5.90. The lowest BCUT2D eigenvalue weighted by molar-refractivity contribution is 0.229. The molecule has 0 bridgehead atoms. The Labute approximate surface area is 94.4 Å². The van der Waals surface area contributed by atoms with Crippen molar-refractivity contribution in [2.45, 2.75) is 37.6 Å². The maximum absolute atomic E-state index is 9.87. The normalized spacial score (nSPS) is 15.9. The molecule has 2 atom stereocenters. The van der Waals surface area contributed by atoms with Gasteiger partial charge in [-0.2, -0.15) is 16.8 Å². The zero-order valence-electron chi connectivity index (χ0n) is 8.81. The molecule has 0 heterocycles. The topological polar surface area (TPSA) is 149 Å². The van der Waals surface area contributed by atoms with Crippen molar-refractivity contribution < 1.29 is 36.2 Å². The molecule has 16 heavy (non-hydrogen) atoms. The lowest BCUT2D eigenvalue weighted by Crippen LogP contribution is -2.17. The van der Waals surface area contributed by atoms with Crippen molar-refractivity contribution in [2.24, 2.45) is 0 Å². The summed E-state index contributed by atoms with van der Waals surface area (Å²) >= 11 is 0. The first-order valence-corrected chi connectivity index (χ1v) is 7.26. The first-order chi connectivity index (χ1) is 6.96. The van der Waals surface area contributed by atoms with Gasteiger partial charge in [-0.1, -0.05) is 13.8 Å². The Morgan fingerprint density at radius 3 is 1.00 bits per heavy atom. The minimum Gasteiger partial charge on any atom is -0.375 e. The van der Waals surface area contributed by atoms with Crippen LogP contribution >= 0.6 is 0 Å². The third kappa shape index (κ3) is 9.00. The fraction of sp³-hybridized carbons (Fsp3) is 1.00. The van der Waals surface area contributed by atoms with Gasteiger partial charge in [0.2, 0.25) is 0 Å². The maximum Gasteiger partial charge on any atom is 0.291 e. The third-order valence-electron chi connectivity index (χ3n) is 1.39. The molecule has 0 aliphatic rings. The summed E-state index contributed by atoms with van der Waals surface area (Å²) in [5, 5.41) is 16.7. The Morgan fingerprint density at radius 2 is 1.00 bits per heavy atom. The molecule has 0 aromatic carbocycles. The Balaban J connectivity index is 0. The van der Waals surface area contributed by atoms with Crippen LogP contribution in [0.5, 0.6) is 0 Å². The van der Waals surface area contributed by atoms with Gasteiger partial charge in [-0.25, -0.2) is 0 Å². The molecule has 0 radical (unpaired) electrons. The lowest BCUT2D eigenvalue weighted by atomic mass is 10.5. The molecule has 100 valence electrons. The van der Waals surface area contributed by atoms with Gasteiger partial charge in [0, 0.05) is 0 Å². The van der Waals surface area contributed by atoms with Crippen molar-refractivity contribution in [2.75, 3.05) is 0 Å². The molecule has 0 saturated heterocycles. The van der Waals surface area contributed by atoms with Crippen LogP contribution in [0, 0.1) is 0 Å². The van der Waals surface area contributed by atoms with E-state index < -0.39 is 31.1 Å². The fourth-order valence-corrected chi connectivity index (χ4v) is 1.26. The van der Waals surface area contributed by atoms with Crippen LogP contribution in [0.25, 0.3) is 0 Å². The zero-order chi connectivity index (χ0) is 13.6. The Hall–Kier alpha value is -0.260. The van der Waals surface area contributed by atoms with E-state index in [1.54, 1.807) is 0 Å². The molecule has 0 aliphatic carbocycles. The van der Waals surface area contributed by atoms with Crippen molar-refractivity contribution in [3.05, 3.63) is 0 Å². The summed E-state index contributed by atoms with van der Waals surface area (Å²) in [5.74, 6) is 0. The van der Waals surface area contributed by atoms with E-state index in [4.69, 9.17) is 19.3 Å². The van der Waals surface area contributed by atoms with E-state index in [0.29, 0.717) is 0 Å². The van der Waals surface area contributed by atoms with E-state index in [-0.39, 0.29) is 12.8 Å². The van der Waals surface area contributed by atoms with E-state index in [2.05, 4.69) is 0 Å². The molecule has 0 saturated carbocycles. The number of hydrogen-bond donors (Lipinski definition) is 4. The summed E-state index contributed by atoms with van der Waals surface area (Å²) < 4.78 is 55.5. The van der Waals surface area contributed by atoms with Crippen molar-refractivity contribution in [1.29, 1.82) is 0 Å². The molecule has 4 N–H and O–H groups in total. The summed E-state index contributed by atoms with van der Waals surface area (Å²) in [6, 6.07) is 0. The molecule has 0 rings (SSSR count). The van der Waals surface area contributed by atoms with Crippen LogP contribution in [0.3, 0.4) is 0 Å². The fourth-order valence-electron chi connectivity index (χ4n) is 0.421. The minimum absolute atomic E-state index is 0.0127. The monoisotopic (exact) mass is 280 g/mol. The van der Waals surface area contributed by atoms with Gasteiger partial charge >= 0.3 is 0 Å². The highest BCUT2D eigenvalue weighted by molar-refractivity contribution is 7.86. The van der Waals surface area contributed by atoms with Gasteiger partial charge in [0.15, 0.2) is 10.9 Å². The molecule has 8 nitrogen and oxygen atoms in total. The van der Waals surface area contributed by atoms with E-state index in [1.807, 2.05) is 0 Å². The average Bonchev–Trinajstić information content (AvgIpc) is 2.13. The molecular formula is C6H16O8S2. The van der Waals surface area contributed by atoms with E-state index in [9.17, 15) is 16.8 Å². The number of rotatable bonds is 4. The molecule has 0 spiro atoms.